The molecule has 3 aromatic heterocycles. The van der Waals surface area contributed by atoms with Gasteiger partial charge < -0.3 is 15.1 Å². The number of hydrogen-bond acceptors (Lipinski definition) is 6. The molecular weight excluding hydrogens is 478 g/mol. The zero-order chi connectivity index (χ0) is 26.6. The molecule has 0 unspecified atom stereocenters. The molecule has 0 radical (unpaired) electrons. The van der Waals surface area contributed by atoms with E-state index in [2.05, 4.69) is 26.7 Å². The van der Waals surface area contributed by atoms with Gasteiger partial charge in [0.05, 0.1) is 28.2 Å². The van der Waals surface area contributed by atoms with E-state index in [1.54, 1.807) is 36.5 Å². The second-order valence-corrected chi connectivity index (χ2v) is 9.15. The number of nitrogens with zero attached hydrogens (tertiary/aromatic N) is 3. The number of hydrogen-bond donors (Lipinski definition) is 2. The number of carbonyl (C=O) groups is 2. The monoisotopic (exact) mass is 505 g/mol. The number of benzene rings is 2. The fourth-order valence-electron chi connectivity index (χ4n) is 4.38. The van der Waals surface area contributed by atoms with E-state index < -0.39 is 0 Å². The summed E-state index contributed by atoms with van der Waals surface area (Å²) < 4.78 is 5.30. The van der Waals surface area contributed by atoms with Gasteiger partial charge in [-0.05, 0) is 74.9 Å². The summed E-state index contributed by atoms with van der Waals surface area (Å²) in [5.74, 6) is 0.286. The molecule has 0 aliphatic rings. The lowest BCUT2D eigenvalue weighted by Crippen LogP contribution is -2.25. The third-order valence-electron chi connectivity index (χ3n) is 6.31. The van der Waals surface area contributed by atoms with Gasteiger partial charge in [-0.15, -0.1) is 0 Å². The van der Waals surface area contributed by atoms with E-state index in [-0.39, 0.29) is 11.8 Å². The molecule has 0 spiro atoms. The lowest BCUT2D eigenvalue weighted by molar-refractivity contribution is 0.0953. The summed E-state index contributed by atoms with van der Waals surface area (Å²) in [5.41, 5.74) is 6.51. The van der Waals surface area contributed by atoms with Crippen LogP contribution in [0.5, 0.6) is 0 Å². The van der Waals surface area contributed by atoms with E-state index in [0.717, 1.165) is 33.5 Å². The predicted molar refractivity (Wildman–Crippen MR) is 146 cm³/mol. The molecular formula is C30H27N5O3. The Kier molecular flexibility index (Phi) is 6.95. The number of aryl methyl sites for hydroxylation is 3. The molecule has 5 aromatic rings. The van der Waals surface area contributed by atoms with E-state index in [9.17, 15) is 9.59 Å². The van der Waals surface area contributed by atoms with Crippen molar-refractivity contribution in [3.05, 3.63) is 107 Å². The number of pyridine rings is 2. The minimum Gasteiger partial charge on any atom is -0.448 e. The largest absolute Gasteiger partial charge is 0.448 e. The van der Waals surface area contributed by atoms with Crippen molar-refractivity contribution < 1.29 is 14.0 Å². The van der Waals surface area contributed by atoms with Gasteiger partial charge in [0.25, 0.3) is 11.8 Å². The first-order valence-electron chi connectivity index (χ1n) is 12.3. The highest BCUT2D eigenvalue weighted by atomic mass is 16.3. The van der Waals surface area contributed by atoms with Crippen LogP contribution in [0.15, 0.2) is 77.7 Å². The molecule has 0 fully saturated rings. The SMILES string of the molecule is Cc1cc(C)c2nc(-c3ccccn3)cc(C(=O)Nc3ccc(C(=O)NCCc4ocnc4C)cc3)c2c1. The van der Waals surface area contributed by atoms with E-state index in [1.807, 2.05) is 45.0 Å². The highest BCUT2D eigenvalue weighted by molar-refractivity contribution is 6.13. The van der Waals surface area contributed by atoms with Gasteiger partial charge in [0.2, 0.25) is 0 Å². The summed E-state index contributed by atoms with van der Waals surface area (Å²) >= 11 is 0. The fourth-order valence-corrected chi connectivity index (χ4v) is 4.38. The van der Waals surface area contributed by atoms with Crippen molar-refractivity contribution in [1.82, 2.24) is 20.3 Å². The number of oxazole rings is 1. The molecule has 0 aliphatic carbocycles. The van der Waals surface area contributed by atoms with Crippen molar-refractivity contribution in [1.29, 1.82) is 0 Å². The maximum absolute atomic E-state index is 13.5. The van der Waals surface area contributed by atoms with Crippen molar-refractivity contribution in [2.24, 2.45) is 0 Å². The summed E-state index contributed by atoms with van der Waals surface area (Å²) in [6.07, 6.45) is 3.66. The molecule has 190 valence electrons. The van der Waals surface area contributed by atoms with Crippen LogP contribution in [0.1, 0.15) is 43.3 Å². The maximum atomic E-state index is 13.5. The van der Waals surface area contributed by atoms with Crippen molar-refractivity contribution in [3.8, 4) is 11.4 Å². The molecule has 0 bridgehead atoms. The van der Waals surface area contributed by atoms with Crippen molar-refractivity contribution >= 4 is 28.4 Å². The van der Waals surface area contributed by atoms with Crippen LogP contribution in [-0.2, 0) is 6.42 Å². The number of fused-ring (bicyclic) bond motifs is 1. The van der Waals surface area contributed by atoms with Crippen molar-refractivity contribution in [3.63, 3.8) is 0 Å². The van der Waals surface area contributed by atoms with Gasteiger partial charge in [0.15, 0.2) is 6.39 Å². The zero-order valence-electron chi connectivity index (χ0n) is 21.4. The van der Waals surface area contributed by atoms with Crippen LogP contribution in [-0.4, -0.2) is 33.3 Å². The van der Waals surface area contributed by atoms with Crippen LogP contribution in [0.3, 0.4) is 0 Å². The van der Waals surface area contributed by atoms with E-state index in [0.29, 0.717) is 41.2 Å². The van der Waals surface area contributed by atoms with Gasteiger partial charge in [-0.3, -0.25) is 14.6 Å². The lowest BCUT2D eigenvalue weighted by atomic mass is 10.00. The van der Waals surface area contributed by atoms with E-state index in [1.165, 1.54) is 6.39 Å². The van der Waals surface area contributed by atoms with Gasteiger partial charge in [-0.1, -0.05) is 17.7 Å². The minimum absolute atomic E-state index is 0.203. The van der Waals surface area contributed by atoms with Crippen LogP contribution >= 0.6 is 0 Å². The van der Waals surface area contributed by atoms with E-state index in [4.69, 9.17) is 9.40 Å². The van der Waals surface area contributed by atoms with E-state index >= 15 is 0 Å². The van der Waals surface area contributed by atoms with Gasteiger partial charge in [-0.2, -0.15) is 0 Å². The summed E-state index contributed by atoms with van der Waals surface area (Å²) in [7, 11) is 0. The summed E-state index contributed by atoms with van der Waals surface area (Å²) in [6.45, 7) is 6.28. The number of carbonyl (C=O) groups excluding carboxylic acids is 2. The first-order valence-corrected chi connectivity index (χ1v) is 12.3. The number of anilines is 1. The summed E-state index contributed by atoms with van der Waals surface area (Å²) in [6, 6.07) is 18.2. The highest BCUT2D eigenvalue weighted by Gasteiger charge is 2.17. The maximum Gasteiger partial charge on any atom is 0.256 e. The van der Waals surface area contributed by atoms with Crippen LogP contribution in [0.2, 0.25) is 0 Å². The Morgan fingerprint density at radius 2 is 1.71 bits per heavy atom. The smallest absolute Gasteiger partial charge is 0.256 e. The molecule has 0 atom stereocenters. The molecule has 0 saturated heterocycles. The van der Waals surface area contributed by atoms with Gasteiger partial charge in [0.1, 0.15) is 5.76 Å². The van der Waals surface area contributed by atoms with Crippen LogP contribution in [0, 0.1) is 20.8 Å². The predicted octanol–water partition coefficient (Wildman–Crippen LogP) is 5.43. The molecule has 0 saturated carbocycles. The fraction of sp³-hybridized carbons (Fsp3) is 0.167. The first kappa shape index (κ1) is 24.8. The molecule has 3 heterocycles. The molecule has 38 heavy (non-hydrogen) atoms. The highest BCUT2D eigenvalue weighted by Crippen LogP contribution is 2.28. The Balaban J connectivity index is 1.35. The average Bonchev–Trinajstić information content (AvgIpc) is 3.33. The number of amides is 2. The second-order valence-electron chi connectivity index (χ2n) is 9.15. The van der Waals surface area contributed by atoms with Crippen molar-refractivity contribution in [2.45, 2.75) is 27.2 Å². The zero-order valence-corrected chi connectivity index (χ0v) is 21.4. The Hall–Kier alpha value is -4.85. The third-order valence-corrected chi connectivity index (χ3v) is 6.31. The summed E-state index contributed by atoms with van der Waals surface area (Å²) in [5, 5.41) is 6.62. The minimum atomic E-state index is -0.265. The van der Waals surface area contributed by atoms with Gasteiger partial charge >= 0.3 is 0 Å². The molecule has 0 aliphatic heterocycles. The average molecular weight is 506 g/mol. The first-order chi connectivity index (χ1) is 18.4. The Bertz CT molecular complexity index is 1630. The normalized spacial score (nSPS) is 10.9. The number of aromatic nitrogens is 3. The quantitative estimate of drug-likeness (QED) is 0.305. The standard InChI is InChI=1S/C30H27N5O3/c1-18-14-19(2)28-23(15-18)24(16-26(35-28)25-6-4-5-12-31-25)30(37)34-22-9-7-21(8-10-22)29(36)32-13-11-27-20(3)33-17-38-27/h4-10,12,14-17H,11,13H2,1-3H3,(H,32,36)(H,34,37). The second kappa shape index (κ2) is 10.6. The summed E-state index contributed by atoms with van der Waals surface area (Å²) in [4.78, 5) is 39.3. The molecule has 5 rings (SSSR count). The third kappa shape index (κ3) is 5.29. The van der Waals surface area contributed by atoms with Crippen molar-refractivity contribution in [2.75, 3.05) is 11.9 Å². The topological polar surface area (TPSA) is 110 Å². The van der Waals surface area contributed by atoms with Gasteiger partial charge in [0, 0.05) is 35.8 Å². The van der Waals surface area contributed by atoms with Crippen LogP contribution in [0.4, 0.5) is 5.69 Å². The number of nitrogens with one attached hydrogen (secondary N) is 2. The number of rotatable bonds is 7. The molecule has 8 nitrogen and oxygen atoms in total. The Morgan fingerprint density at radius 3 is 2.42 bits per heavy atom. The lowest BCUT2D eigenvalue weighted by Gasteiger charge is -2.13. The molecule has 8 heteroatoms. The molecule has 2 N–H and O–H groups in total. The Morgan fingerprint density at radius 1 is 0.895 bits per heavy atom. The molecule has 2 amide bonds. The van der Waals surface area contributed by atoms with Gasteiger partial charge in [-0.25, -0.2) is 9.97 Å². The van der Waals surface area contributed by atoms with Crippen LogP contribution < -0.4 is 10.6 Å². The van der Waals surface area contributed by atoms with Crippen LogP contribution in [0.25, 0.3) is 22.3 Å². The Labute approximate surface area is 220 Å². The molecule has 2 aromatic carbocycles.